The van der Waals surface area contributed by atoms with Crippen LogP contribution < -0.4 is 5.32 Å². The minimum Gasteiger partial charge on any atom is -0.436 e. The van der Waals surface area contributed by atoms with Gasteiger partial charge in [0.25, 0.3) is 0 Å². The lowest BCUT2D eigenvalue weighted by Gasteiger charge is -2.04. The zero-order valence-electron chi connectivity index (χ0n) is 13.4. The first-order valence-corrected chi connectivity index (χ1v) is 8.32. The lowest BCUT2D eigenvalue weighted by Crippen LogP contribution is -2.13. The molecule has 0 aromatic heterocycles. The minimum atomic E-state index is -0.578. The number of halogens is 2. The zero-order valence-corrected chi connectivity index (χ0v) is 14.9. The monoisotopic (exact) mass is 363 g/mol. The van der Waals surface area contributed by atoms with Crippen LogP contribution in [0.5, 0.6) is 0 Å². The van der Waals surface area contributed by atoms with Gasteiger partial charge in [-0.25, -0.2) is 4.79 Å². The SMILES string of the molecule is CCc1ccccc1.O=C(Nc1cccc(Cl)c1)OCC#CCCl. The summed E-state index contributed by atoms with van der Waals surface area (Å²) in [6.07, 6.45) is 0.562. The van der Waals surface area contributed by atoms with E-state index in [4.69, 9.17) is 27.9 Å². The van der Waals surface area contributed by atoms with Crippen molar-refractivity contribution in [2.75, 3.05) is 17.8 Å². The second-order valence-corrected chi connectivity index (χ2v) is 5.24. The van der Waals surface area contributed by atoms with Gasteiger partial charge in [0.1, 0.15) is 0 Å². The van der Waals surface area contributed by atoms with E-state index < -0.39 is 6.09 Å². The number of aryl methyl sites for hydroxylation is 1. The van der Waals surface area contributed by atoms with Crippen molar-refractivity contribution in [2.45, 2.75) is 13.3 Å². The molecular weight excluding hydrogens is 345 g/mol. The lowest BCUT2D eigenvalue weighted by molar-refractivity contribution is 0.176. The summed E-state index contributed by atoms with van der Waals surface area (Å²) in [5.74, 6) is 5.36. The number of rotatable bonds is 3. The number of alkyl halides is 1. The molecule has 2 aromatic carbocycles. The maximum Gasteiger partial charge on any atom is 0.412 e. The van der Waals surface area contributed by atoms with Crippen molar-refractivity contribution in [1.29, 1.82) is 0 Å². The van der Waals surface area contributed by atoms with E-state index in [-0.39, 0.29) is 12.5 Å². The summed E-state index contributed by atoms with van der Waals surface area (Å²) >= 11 is 11.1. The van der Waals surface area contributed by atoms with Gasteiger partial charge in [-0.3, -0.25) is 5.32 Å². The van der Waals surface area contributed by atoms with Gasteiger partial charge in [-0.2, -0.15) is 0 Å². The van der Waals surface area contributed by atoms with Crippen molar-refractivity contribution in [3.8, 4) is 11.8 Å². The normalized spacial score (nSPS) is 8.96. The Morgan fingerprint density at radius 1 is 1.12 bits per heavy atom. The molecule has 0 saturated carbocycles. The number of carbonyl (C=O) groups excluding carboxylic acids is 1. The molecule has 0 atom stereocenters. The molecule has 1 N–H and O–H groups in total. The second-order valence-electron chi connectivity index (χ2n) is 4.54. The van der Waals surface area contributed by atoms with Gasteiger partial charge in [-0.1, -0.05) is 66.8 Å². The molecule has 0 aliphatic rings. The average Bonchev–Trinajstić information content (AvgIpc) is 2.60. The quantitative estimate of drug-likeness (QED) is 0.587. The standard InChI is InChI=1S/C11H9Cl2NO2.C8H10/c12-6-1-2-7-16-11(15)14-10-5-3-4-9(13)8-10;1-2-8-6-4-3-5-7-8/h3-5,8H,6-7H2,(H,14,15);3-7H,2H2,1H3. The highest BCUT2D eigenvalue weighted by Crippen LogP contribution is 2.14. The molecule has 24 heavy (non-hydrogen) atoms. The summed E-state index contributed by atoms with van der Waals surface area (Å²) in [6.45, 7) is 2.18. The second kappa shape index (κ2) is 12.3. The number of hydrogen-bond donors (Lipinski definition) is 1. The van der Waals surface area contributed by atoms with E-state index in [9.17, 15) is 4.79 Å². The van der Waals surface area contributed by atoms with Crippen molar-refractivity contribution >= 4 is 35.0 Å². The number of hydrogen-bond acceptors (Lipinski definition) is 2. The van der Waals surface area contributed by atoms with E-state index >= 15 is 0 Å². The number of amides is 1. The van der Waals surface area contributed by atoms with Gasteiger partial charge in [0, 0.05) is 10.7 Å². The van der Waals surface area contributed by atoms with E-state index in [1.54, 1.807) is 24.3 Å². The Hall–Kier alpha value is -2.15. The smallest absolute Gasteiger partial charge is 0.412 e. The fraction of sp³-hybridized carbons (Fsp3) is 0.211. The zero-order chi connectivity index (χ0) is 17.6. The lowest BCUT2D eigenvalue weighted by atomic mass is 10.2. The molecule has 0 radical (unpaired) electrons. The Kier molecular flexibility index (Phi) is 10.2. The molecule has 0 saturated heterocycles. The van der Waals surface area contributed by atoms with Crippen molar-refractivity contribution in [1.82, 2.24) is 0 Å². The molecule has 0 aliphatic heterocycles. The van der Waals surface area contributed by atoms with Crippen LogP contribution in [0.25, 0.3) is 0 Å². The number of ether oxygens (including phenoxy) is 1. The first-order valence-electron chi connectivity index (χ1n) is 7.40. The highest BCUT2D eigenvalue weighted by molar-refractivity contribution is 6.30. The van der Waals surface area contributed by atoms with Gasteiger partial charge in [0.05, 0.1) is 5.88 Å². The fourth-order valence-electron chi connectivity index (χ4n) is 1.63. The molecule has 0 unspecified atom stereocenters. The Labute approximate surface area is 152 Å². The predicted molar refractivity (Wildman–Crippen MR) is 101 cm³/mol. The summed E-state index contributed by atoms with van der Waals surface area (Å²) in [6, 6.07) is 17.2. The number of carbonyl (C=O) groups is 1. The van der Waals surface area contributed by atoms with Crippen molar-refractivity contribution in [2.24, 2.45) is 0 Å². The molecule has 2 rings (SSSR count). The Bertz CT molecular complexity index is 679. The van der Waals surface area contributed by atoms with E-state index in [2.05, 4.69) is 48.3 Å². The van der Waals surface area contributed by atoms with Gasteiger partial charge in [0.2, 0.25) is 0 Å². The Morgan fingerprint density at radius 3 is 2.46 bits per heavy atom. The third-order valence-corrected chi connectivity index (χ3v) is 3.16. The van der Waals surface area contributed by atoms with E-state index in [0.29, 0.717) is 10.7 Å². The maximum absolute atomic E-state index is 11.2. The topological polar surface area (TPSA) is 38.3 Å². The van der Waals surface area contributed by atoms with Crippen LogP contribution in [0.2, 0.25) is 5.02 Å². The number of nitrogens with one attached hydrogen (secondary N) is 1. The van der Waals surface area contributed by atoms with E-state index in [1.165, 1.54) is 5.56 Å². The first-order chi connectivity index (χ1) is 11.7. The molecule has 5 heteroatoms. The summed E-state index contributed by atoms with van der Waals surface area (Å²) in [5.41, 5.74) is 1.98. The predicted octanol–water partition coefficient (Wildman–Crippen LogP) is 5.38. The largest absolute Gasteiger partial charge is 0.436 e. The summed E-state index contributed by atoms with van der Waals surface area (Å²) in [7, 11) is 0. The van der Waals surface area contributed by atoms with Crippen molar-refractivity contribution < 1.29 is 9.53 Å². The molecule has 0 bridgehead atoms. The van der Waals surface area contributed by atoms with Crippen LogP contribution in [-0.2, 0) is 11.2 Å². The molecule has 126 valence electrons. The van der Waals surface area contributed by atoms with Crippen LogP contribution in [0, 0.1) is 11.8 Å². The van der Waals surface area contributed by atoms with E-state index in [0.717, 1.165) is 6.42 Å². The fourth-order valence-corrected chi connectivity index (χ4v) is 1.92. The van der Waals surface area contributed by atoms with Crippen LogP contribution in [0.15, 0.2) is 54.6 Å². The molecule has 0 fully saturated rings. The van der Waals surface area contributed by atoms with E-state index in [1.807, 2.05) is 6.07 Å². The molecule has 0 spiro atoms. The minimum absolute atomic E-state index is 0.0130. The maximum atomic E-state index is 11.2. The third kappa shape index (κ3) is 9.09. The van der Waals surface area contributed by atoms with Gasteiger partial charge in [-0.15, -0.1) is 11.6 Å². The summed E-state index contributed by atoms with van der Waals surface area (Å²) in [4.78, 5) is 11.2. The van der Waals surface area contributed by atoms with Crippen LogP contribution in [-0.4, -0.2) is 18.6 Å². The van der Waals surface area contributed by atoms with Crippen LogP contribution in [0.4, 0.5) is 10.5 Å². The highest BCUT2D eigenvalue weighted by Gasteiger charge is 2.01. The van der Waals surface area contributed by atoms with Gasteiger partial charge < -0.3 is 4.74 Å². The van der Waals surface area contributed by atoms with Crippen molar-refractivity contribution in [3.05, 3.63) is 65.2 Å². The molecule has 1 amide bonds. The van der Waals surface area contributed by atoms with Gasteiger partial charge in [0.15, 0.2) is 6.61 Å². The first kappa shape index (κ1) is 19.9. The van der Waals surface area contributed by atoms with Crippen LogP contribution in [0.1, 0.15) is 12.5 Å². The summed E-state index contributed by atoms with van der Waals surface area (Å²) in [5, 5.41) is 3.05. The molecule has 0 aliphatic carbocycles. The number of anilines is 1. The van der Waals surface area contributed by atoms with Crippen LogP contribution in [0.3, 0.4) is 0 Å². The number of benzene rings is 2. The molecule has 2 aromatic rings. The summed E-state index contributed by atoms with van der Waals surface area (Å²) < 4.78 is 4.76. The molecule has 0 heterocycles. The van der Waals surface area contributed by atoms with Gasteiger partial charge in [-0.05, 0) is 30.2 Å². The third-order valence-electron chi connectivity index (χ3n) is 2.79. The van der Waals surface area contributed by atoms with Crippen LogP contribution >= 0.6 is 23.2 Å². The highest BCUT2D eigenvalue weighted by atomic mass is 35.5. The van der Waals surface area contributed by atoms with Crippen molar-refractivity contribution in [3.63, 3.8) is 0 Å². The average molecular weight is 364 g/mol. The Balaban J connectivity index is 0.000000300. The Morgan fingerprint density at radius 2 is 1.88 bits per heavy atom. The molecule has 3 nitrogen and oxygen atoms in total. The molecular formula is C19H19Cl2NO2. The van der Waals surface area contributed by atoms with Gasteiger partial charge >= 0.3 is 6.09 Å².